The van der Waals surface area contributed by atoms with Crippen molar-refractivity contribution in [2.45, 2.75) is 6.92 Å². The van der Waals surface area contributed by atoms with Crippen molar-refractivity contribution in [2.75, 3.05) is 23.8 Å². The molecule has 1 aliphatic heterocycles. The molecule has 0 saturated heterocycles. The summed E-state index contributed by atoms with van der Waals surface area (Å²) in [6.07, 6.45) is 2.91. The molecule has 1 aromatic heterocycles. The largest absolute Gasteiger partial charge is 0.486 e. The topological polar surface area (TPSA) is 85.4 Å². The number of fused-ring (bicyclic) bond motifs is 1. The Kier molecular flexibility index (Phi) is 4.99. The lowest BCUT2D eigenvalue weighted by atomic mass is 10.2. The van der Waals surface area contributed by atoms with Crippen LogP contribution in [0.4, 0.5) is 17.2 Å². The summed E-state index contributed by atoms with van der Waals surface area (Å²) in [5.41, 5.74) is 2.41. The van der Waals surface area contributed by atoms with E-state index in [9.17, 15) is 4.79 Å². The quantitative estimate of drug-likeness (QED) is 0.687. The molecule has 0 fully saturated rings. The molecule has 0 aliphatic carbocycles. The summed E-state index contributed by atoms with van der Waals surface area (Å²) in [4.78, 5) is 20.8. The molecule has 3 aromatic rings. The van der Waals surface area contributed by atoms with Crippen LogP contribution >= 0.6 is 11.6 Å². The molecule has 142 valence electrons. The number of aromatic nitrogens is 2. The second-order valence-electron chi connectivity index (χ2n) is 6.14. The zero-order valence-electron chi connectivity index (χ0n) is 15.0. The second-order valence-corrected chi connectivity index (χ2v) is 6.54. The fraction of sp³-hybridized carbons (Fsp3) is 0.150. The standard InChI is InChI=1S/C20H17ClN4O3/c1-12-14(21)3-2-4-15(12)25-20(26)16-10-23-19(11-22-16)24-13-5-6-17-18(9-13)28-8-7-27-17/h2-6,9-11H,7-8H2,1H3,(H,23,24)(H,25,26). The average Bonchev–Trinajstić information content (AvgIpc) is 2.72. The molecule has 8 heteroatoms. The Morgan fingerprint density at radius 1 is 1.07 bits per heavy atom. The molecule has 4 rings (SSSR count). The minimum absolute atomic E-state index is 0.201. The van der Waals surface area contributed by atoms with E-state index in [1.807, 2.05) is 25.1 Å². The molecule has 7 nitrogen and oxygen atoms in total. The van der Waals surface area contributed by atoms with E-state index in [1.165, 1.54) is 12.4 Å². The van der Waals surface area contributed by atoms with E-state index >= 15 is 0 Å². The van der Waals surface area contributed by atoms with Crippen LogP contribution in [0.2, 0.25) is 5.02 Å². The summed E-state index contributed by atoms with van der Waals surface area (Å²) in [6.45, 7) is 2.90. The third-order valence-corrected chi connectivity index (χ3v) is 4.62. The maximum absolute atomic E-state index is 12.4. The molecular weight excluding hydrogens is 380 g/mol. The number of benzene rings is 2. The van der Waals surface area contributed by atoms with Crippen molar-refractivity contribution in [1.29, 1.82) is 0 Å². The maximum atomic E-state index is 12.4. The second kappa shape index (κ2) is 7.74. The number of nitrogens with one attached hydrogen (secondary N) is 2. The summed E-state index contributed by atoms with van der Waals surface area (Å²) < 4.78 is 11.1. The van der Waals surface area contributed by atoms with E-state index in [2.05, 4.69) is 20.6 Å². The molecule has 2 N–H and O–H groups in total. The van der Waals surface area contributed by atoms with Gasteiger partial charge in [0.25, 0.3) is 5.91 Å². The molecule has 0 saturated carbocycles. The van der Waals surface area contributed by atoms with Crippen molar-refractivity contribution in [2.24, 2.45) is 0 Å². The first kappa shape index (κ1) is 18.1. The van der Waals surface area contributed by atoms with Crippen LogP contribution in [0.5, 0.6) is 11.5 Å². The summed E-state index contributed by atoms with van der Waals surface area (Å²) >= 11 is 6.08. The number of amides is 1. The Labute approximate surface area is 166 Å². The SMILES string of the molecule is Cc1c(Cl)cccc1NC(=O)c1cnc(Nc2ccc3c(c2)OCCO3)cn1. The lowest BCUT2D eigenvalue weighted by Crippen LogP contribution is -2.15. The number of anilines is 3. The Morgan fingerprint density at radius 2 is 1.89 bits per heavy atom. The fourth-order valence-corrected chi connectivity index (χ4v) is 2.88. The highest BCUT2D eigenvalue weighted by atomic mass is 35.5. The van der Waals surface area contributed by atoms with Gasteiger partial charge in [-0.3, -0.25) is 4.79 Å². The van der Waals surface area contributed by atoms with Crippen molar-refractivity contribution in [1.82, 2.24) is 9.97 Å². The van der Waals surface area contributed by atoms with Crippen LogP contribution in [-0.4, -0.2) is 29.1 Å². The third-order valence-electron chi connectivity index (χ3n) is 4.21. The summed E-state index contributed by atoms with van der Waals surface area (Å²) in [7, 11) is 0. The Morgan fingerprint density at radius 3 is 2.68 bits per heavy atom. The van der Waals surface area contributed by atoms with Gasteiger partial charge in [0.05, 0.1) is 12.4 Å². The number of rotatable bonds is 4. The van der Waals surface area contributed by atoms with Crippen molar-refractivity contribution in [3.8, 4) is 11.5 Å². The predicted molar refractivity (Wildman–Crippen MR) is 107 cm³/mol. The van der Waals surface area contributed by atoms with Crippen molar-refractivity contribution < 1.29 is 14.3 Å². The summed E-state index contributed by atoms with van der Waals surface area (Å²) in [5, 5.41) is 6.51. The van der Waals surface area contributed by atoms with Gasteiger partial charge in [-0.05, 0) is 36.8 Å². The molecule has 0 atom stereocenters. The van der Waals surface area contributed by atoms with E-state index in [1.54, 1.807) is 18.2 Å². The lowest BCUT2D eigenvalue weighted by molar-refractivity contribution is 0.102. The minimum Gasteiger partial charge on any atom is -0.486 e. The number of nitrogens with zero attached hydrogens (tertiary/aromatic N) is 2. The minimum atomic E-state index is -0.358. The molecule has 0 bridgehead atoms. The highest BCUT2D eigenvalue weighted by molar-refractivity contribution is 6.31. The zero-order valence-corrected chi connectivity index (χ0v) is 15.8. The van der Waals surface area contributed by atoms with Gasteiger partial charge in [0, 0.05) is 22.5 Å². The van der Waals surface area contributed by atoms with Crippen molar-refractivity contribution in [3.63, 3.8) is 0 Å². The normalized spacial score (nSPS) is 12.4. The van der Waals surface area contributed by atoms with E-state index in [-0.39, 0.29) is 11.6 Å². The van der Waals surface area contributed by atoms with Gasteiger partial charge >= 0.3 is 0 Å². The van der Waals surface area contributed by atoms with Crippen LogP contribution in [0.25, 0.3) is 0 Å². The number of carbonyl (C=O) groups is 1. The monoisotopic (exact) mass is 396 g/mol. The van der Waals surface area contributed by atoms with Crippen LogP contribution in [0.3, 0.4) is 0 Å². The highest BCUT2D eigenvalue weighted by Crippen LogP contribution is 2.33. The molecule has 0 unspecified atom stereocenters. The van der Waals surface area contributed by atoms with Gasteiger partial charge in [-0.2, -0.15) is 0 Å². The first-order valence-corrected chi connectivity index (χ1v) is 9.03. The molecule has 2 heterocycles. The van der Waals surface area contributed by atoms with Crippen molar-refractivity contribution in [3.05, 3.63) is 65.1 Å². The van der Waals surface area contributed by atoms with Gasteiger partial charge in [-0.15, -0.1) is 0 Å². The molecule has 0 radical (unpaired) electrons. The number of hydrogen-bond acceptors (Lipinski definition) is 6. The number of carbonyl (C=O) groups excluding carboxylic acids is 1. The van der Waals surface area contributed by atoms with Crippen LogP contribution in [-0.2, 0) is 0 Å². The smallest absolute Gasteiger partial charge is 0.275 e. The van der Waals surface area contributed by atoms with Crippen LogP contribution < -0.4 is 20.1 Å². The maximum Gasteiger partial charge on any atom is 0.275 e. The predicted octanol–water partition coefficient (Wildman–Crippen LogP) is 4.21. The van der Waals surface area contributed by atoms with Gasteiger partial charge in [-0.25, -0.2) is 9.97 Å². The lowest BCUT2D eigenvalue weighted by Gasteiger charge is -2.19. The number of hydrogen-bond donors (Lipinski definition) is 2. The van der Waals surface area contributed by atoms with E-state index in [0.717, 1.165) is 11.3 Å². The highest BCUT2D eigenvalue weighted by Gasteiger charge is 2.13. The van der Waals surface area contributed by atoms with Crippen LogP contribution in [0.15, 0.2) is 48.8 Å². The molecular formula is C20H17ClN4O3. The Balaban J connectivity index is 1.45. The van der Waals surface area contributed by atoms with E-state index in [0.29, 0.717) is 41.2 Å². The average molecular weight is 397 g/mol. The molecule has 28 heavy (non-hydrogen) atoms. The van der Waals surface area contributed by atoms with Gasteiger partial charge in [0.15, 0.2) is 11.5 Å². The number of ether oxygens (including phenoxy) is 2. The van der Waals surface area contributed by atoms with E-state index < -0.39 is 0 Å². The Hall–Kier alpha value is -3.32. The molecule has 0 spiro atoms. The number of halogens is 1. The molecule has 2 aromatic carbocycles. The molecule has 1 amide bonds. The first-order chi connectivity index (χ1) is 13.6. The Bertz CT molecular complexity index is 1020. The van der Waals surface area contributed by atoms with Gasteiger partial charge < -0.3 is 20.1 Å². The van der Waals surface area contributed by atoms with Crippen LogP contribution in [0.1, 0.15) is 16.1 Å². The van der Waals surface area contributed by atoms with Crippen molar-refractivity contribution >= 4 is 34.7 Å². The van der Waals surface area contributed by atoms with Crippen LogP contribution in [0, 0.1) is 6.92 Å². The summed E-state index contributed by atoms with van der Waals surface area (Å²) in [6, 6.07) is 10.8. The first-order valence-electron chi connectivity index (χ1n) is 8.65. The van der Waals surface area contributed by atoms with Gasteiger partial charge in [0.1, 0.15) is 24.7 Å². The van der Waals surface area contributed by atoms with E-state index in [4.69, 9.17) is 21.1 Å². The fourth-order valence-electron chi connectivity index (χ4n) is 2.71. The van der Waals surface area contributed by atoms with Gasteiger partial charge in [-0.1, -0.05) is 17.7 Å². The third kappa shape index (κ3) is 3.84. The summed E-state index contributed by atoms with van der Waals surface area (Å²) in [5.74, 6) is 1.54. The zero-order chi connectivity index (χ0) is 19.5. The van der Waals surface area contributed by atoms with Gasteiger partial charge in [0.2, 0.25) is 0 Å². The molecule has 1 aliphatic rings.